The molecule has 2 heterocycles. The summed E-state index contributed by atoms with van der Waals surface area (Å²) >= 11 is 0. The van der Waals surface area contributed by atoms with Gasteiger partial charge in [0.2, 0.25) is 5.91 Å². The molecule has 1 saturated heterocycles. The highest BCUT2D eigenvalue weighted by Crippen LogP contribution is 2.16. The highest BCUT2D eigenvalue weighted by molar-refractivity contribution is 5.94. The summed E-state index contributed by atoms with van der Waals surface area (Å²) in [6.07, 6.45) is 1.06. The SMILES string of the molecule is Cc1cc(CC(=O)N2CCCN(C(=O)c3ccccc3F)CC2)c(C)n1C. The number of nitrogens with zero attached hydrogens (tertiary/aromatic N) is 3. The minimum atomic E-state index is -0.505. The normalized spacial score (nSPS) is 15.0. The van der Waals surface area contributed by atoms with Crippen molar-refractivity contribution in [3.05, 3.63) is 58.7 Å². The van der Waals surface area contributed by atoms with E-state index in [1.807, 2.05) is 25.8 Å². The monoisotopic (exact) mass is 371 g/mol. The van der Waals surface area contributed by atoms with Crippen LogP contribution in [-0.4, -0.2) is 52.4 Å². The number of carbonyl (C=O) groups is 2. The molecular formula is C21H26FN3O2. The summed E-state index contributed by atoms with van der Waals surface area (Å²) in [4.78, 5) is 28.8. The van der Waals surface area contributed by atoms with Gasteiger partial charge in [-0.3, -0.25) is 9.59 Å². The van der Waals surface area contributed by atoms with E-state index in [2.05, 4.69) is 10.6 Å². The van der Waals surface area contributed by atoms with E-state index in [1.54, 1.807) is 17.0 Å². The van der Waals surface area contributed by atoms with Gasteiger partial charge in [0.15, 0.2) is 0 Å². The highest BCUT2D eigenvalue weighted by atomic mass is 19.1. The number of halogens is 1. The maximum Gasteiger partial charge on any atom is 0.256 e. The van der Waals surface area contributed by atoms with Crippen LogP contribution in [0.2, 0.25) is 0 Å². The van der Waals surface area contributed by atoms with Crippen molar-refractivity contribution in [2.75, 3.05) is 26.2 Å². The third-order valence-corrected chi connectivity index (χ3v) is 5.46. The molecule has 0 unspecified atom stereocenters. The molecule has 0 bridgehead atoms. The number of hydrogen-bond donors (Lipinski definition) is 0. The molecule has 2 aromatic rings. The minimum Gasteiger partial charge on any atom is -0.352 e. The van der Waals surface area contributed by atoms with Crippen molar-refractivity contribution in [1.29, 1.82) is 0 Å². The molecule has 1 fully saturated rings. The average molecular weight is 371 g/mol. The van der Waals surface area contributed by atoms with Crippen LogP contribution in [0.3, 0.4) is 0 Å². The fourth-order valence-corrected chi connectivity index (χ4v) is 3.56. The first-order chi connectivity index (χ1) is 12.9. The number of amides is 2. The zero-order valence-corrected chi connectivity index (χ0v) is 16.2. The quantitative estimate of drug-likeness (QED) is 0.833. The molecule has 3 rings (SSSR count). The van der Waals surface area contributed by atoms with E-state index in [0.717, 1.165) is 17.0 Å². The van der Waals surface area contributed by atoms with Gasteiger partial charge in [-0.05, 0) is 44.0 Å². The molecule has 0 spiro atoms. The van der Waals surface area contributed by atoms with E-state index < -0.39 is 5.82 Å². The van der Waals surface area contributed by atoms with Gasteiger partial charge in [-0.25, -0.2) is 4.39 Å². The molecule has 1 aliphatic heterocycles. The molecule has 5 nitrogen and oxygen atoms in total. The smallest absolute Gasteiger partial charge is 0.256 e. The highest BCUT2D eigenvalue weighted by Gasteiger charge is 2.24. The fourth-order valence-electron chi connectivity index (χ4n) is 3.56. The Hall–Kier alpha value is -2.63. The molecule has 0 atom stereocenters. The lowest BCUT2D eigenvalue weighted by molar-refractivity contribution is -0.130. The van der Waals surface area contributed by atoms with Crippen molar-refractivity contribution in [1.82, 2.24) is 14.4 Å². The number of benzene rings is 1. The van der Waals surface area contributed by atoms with Crippen LogP contribution in [0.5, 0.6) is 0 Å². The summed E-state index contributed by atoms with van der Waals surface area (Å²) in [7, 11) is 2.00. The summed E-state index contributed by atoms with van der Waals surface area (Å²) in [5, 5.41) is 0. The Morgan fingerprint density at radius 1 is 1.04 bits per heavy atom. The van der Waals surface area contributed by atoms with E-state index in [1.165, 1.54) is 12.1 Å². The van der Waals surface area contributed by atoms with Crippen LogP contribution in [0.25, 0.3) is 0 Å². The summed E-state index contributed by atoms with van der Waals surface area (Å²) in [6, 6.07) is 8.09. The Morgan fingerprint density at radius 2 is 1.70 bits per heavy atom. The molecule has 1 aromatic heterocycles. The first-order valence-corrected chi connectivity index (χ1v) is 9.32. The third-order valence-electron chi connectivity index (χ3n) is 5.46. The Balaban J connectivity index is 1.64. The lowest BCUT2D eigenvalue weighted by atomic mass is 10.1. The van der Waals surface area contributed by atoms with Gasteiger partial charge >= 0.3 is 0 Å². The largest absolute Gasteiger partial charge is 0.352 e. The lowest BCUT2D eigenvalue weighted by Crippen LogP contribution is -2.38. The fraction of sp³-hybridized carbons (Fsp3) is 0.429. The van der Waals surface area contributed by atoms with Crippen LogP contribution in [0, 0.1) is 19.7 Å². The van der Waals surface area contributed by atoms with Gasteiger partial charge in [-0.2, -0.15) is 0 Å². The zero-order valence-electron chi connectivity index (χ0n) is 16.2. The second-order valence-corrected chi connectivity index (χ2v) is 7.14. The molecule has 1 aromatic carbocycles. The van der Waals surface area contributed by atoms with E-state index in [-0.39, 0.29) is 17.4 Å². The standard InChI is InChI=1S/C21H26FN3O2/c1-15-13-17(16(2)23(15)3)14-20(26)24-9-6-10-25(12-11-24)21(27)18-7-4-5-8-19(18)22/h4-5,7-8,13H,6,9-12,14H2,1-3H3. The molecule has 0 N–H and O–H groups in total. The number of aromatic nitrogens is 1. The second-order valence-electron chi connectivity index (χ2n) is 7.14. The van der Waals surface area contributed by atoms with Crippen LogP contribution in [0.15, 0.2) is 30.3 Å². The zero-order chi connectivity index (χ0) is 19.6. The predicted octanol–water partition coefficient (Wildman–Crippen LogP) is 2.70. The van der Waals surface area contributed by atoms with Gasteiger partial charge in [-0.15, -0.1) is 0 Å². The molecule has 0 saturated carbocycles. The van der Waals surface area contributed by atoms with Gasteiger partial charge in [0, 0.05) is 44.6 Å². The molecule has 1 aliphatic rings. The summed E-state index contributed by atoms with van der Waals surface area (Å²) in [6.45, 7) is 6.09. The van der Waals surface area contributed by atoms with Crippen LogP contribution < -0.4 is 0 Å². The molecular weight excluding hydrogens is 345 g/mol. The van der Waals surface area contributed by atoms with Crippen molar-refractivity contribution in [2.24, 2.45) is 7.05 Å². The third kappa shape index (κ3) is 4.04. The maximum absolute atomic E-state index is 13.9. The summed E-state index contributed by atoms with van der Waals surface area (Å²) in [5.41, 5.74) is 3.37. The van der Waals surface area contributed by atoms with Crippen molar-refractivity contribution >= 4 is 11.8 Å². The molecule has 2 amide bonds. The Labute approximate surface area is 159 Å². The van der Waals surface area contributed by atoms with Gasteiger partial charge in [0.1, 0.15) is 5.82 Å². The van der Waals surface area contributed by atoms with Crippen LogP contribution in [-0.2, 0) is 18.3 Å². The van der Waals surface area contributed by atoms with E-state index in [4.69, 9.17) is 0 Å². The van der Waals surface area contributed by atoms with Crippen molar-refractivity contribution in [2.45, 2.75) is 26.7 Å². The van der Waals surface area contributed by atoms with Crippen molar-refractivity contribution in [3.63, 3.8) is 0 Å². The molecule has 144 valence electrons. The first kappa shape index (κ1) is 19.1. The van der Waals surface area contributed by atoms with E-state index >= 15 is 0 Å². The Morgan fingerprint density at radius 3 is 2.37 bits per heavy atom. The number of hydrogen-bond acceptors (Lipinski definition) is 2. The van der Waals surface area contributed by atoms with E-state index in [0.29, 0.717) is 39.0 Å². The number of aryl methyl sites for hydroxylation is 1. The van der Waals surface area contributed by atoms with Gasteiger partial charge in [0.05, 0.1) is 12.0 Å². The van der Waals surface area contributed by atoms with Crippen LogP contribution in [0.1, 0.15) is 33.7 Å². The molecule has 0 aliphatic carbocycles. The Kier molecular flexibility index (Phi) is 5.63. The van der Waals surface area contributed by atoms with Gasteiger partial charge in [0.25, 0.3) is 5.91 Å². The van der Waals surface area contributed by atoms with Gasteiger partial charge in [-0.1, -0.05) is 12.1 Å². The topological polar surface area (TPSA) is 45.6 Å². The van der Waals surface area contributed by atoms with Crippen molar-refractivity contribution in [3.8, 4) is 0 Å². The molecule has 6 heteroatoms. The maximum atomic E-state index is 13.9. The van der Waals surface area contributed by atoms with E-state index in [9.17, 15) is 14.0 Å². The molecule has 0 radical (unpaired) electrons. The average Bonchev–Trinajstić information content (AvgIpc) is 2.86. The van der Waals surface area contributed by atoms with Crippen LogP contribution in [0.4, 0.5) is 4.39 Å². The molecule has 27 heavy (non-hydrogen) atoms. The first-order valence-electron chi connectivity index (χ1n) is 9.32. The number of rotatable bonds is 3. The number of carbonyl (C=O) groups excluding carboxylic acids is 2. The second kappa shape index (κ2) is 7.94. The van der Waals surface area contributed by atoms with Crippen molar-refractivity contribution < 1.29 is 14.0 Å². The summed E-state index contributed by atoms with van der Waals surface area (Å²) < 4.78 is 16.0. The minimum absolute atomic E-state index is 0.0730. The van der Waals surface area contributed by atoms with Crippen LogP contribution >= 0.6 is 0 Å². The van der Waals surface area contributed by atoms with Gasteiger partial charge < -0.3 is 14.4 Å². The lowest BCUT2D eigenvalue weighted by Gasteiger charge is -2.22. The summed E-state index contributed by atoms with van der Waals surface area (Å²) in [5.74, 6) is -0.740. The predicted molar refractivity (Wildman–Crippen MR) is 102 cm³/mol. The Bertz CT molecular complexity index is 859.